The predicted octanol–water partition coefficient (Wildman–Crippen LogP) is 2.52. The predicted molar refractivity (Wildman–Crippen MR) is 76.1 cm³/mol. The number of fused-ring (bicyclic) bond motifs is 1. The second kappa shape index (κ2) is 5.04. The van der Waals surface area contributed by atoms with E-state index in [4.69, 9.17) is 15.2 Å². The van der Waals surface area contributed by atoms with Crippen LogP contribution in [0.15, 0.2) is 22.8 Å². The molecule has 2 heterocycles. The van der Waals surface area contributed by atoms with Crippen LogP contribution in [0.2, 0.25) is 0 Å². The van der Waals surface area contributed by atoms with E-state index in [1.807, 2.05) is 39.0 Å². The SMILES string of the molecule is Cc1nonc1COc1ccc2c(c1)OC(C)(C)CC2N. The zero-order valence-corrected chi connectivity index (χ0v) is 12.4. The molecule has 112 valence electrons. The summed E-state index contributed by atoms with van der Waals surface area (Å²) in [5, 5.41) is 7.51. The fourth-order valence-electron chi connectivity index (χ4n) is 2.51. The summed E-state index contributed by atoms with van der Waals surface area (Å²) in [5.74, 6) is 1.49. The van der Waals surface area contributed by atoms with Gasteiger partial charge in [-0.3, -0.25) is 0 Å². The van der Waals surface area contributed by atoms with Gasteiger partial charge in [0.15, 0.2) is 0 Å². The van der Waals surface area contributed by atoms with Crippen molar-refractivity contribution in [3.8, 4) is 11.5 Å². The summed E-state index contributed by atoms with van der Waals surface area (Å²) >= 11 is 0. The molecule has 0 spiro atoms. The van der Waals surface area contributed by atoms with Gasteiger partial charge in [-0.25, -0.2) is 4.63 Å². The van der Waals surface area contributed by atoms with Gasteiger partial charge < -0.3 is 15.2 Å². The van der Waals surface area contributed by atoms with E-state index in [0.717, 1.165) is 23.4 Å². The summed E-state index contributed by atoms with van der Waals surface area (Å²) in [6, 6.07) is 5.71. The van der Waals surface area contributed by atoms with Crippen molar-refractivity contribution in [2.24, 2.45) is 5.73 Å². The molecule has 0 saturated carbocycles. The Morgan fingerprint density at radius 3 is 2.90 bits per heavy atom. The summed E-state index contributed by atoms with van der Waals surface area (Å²) in [6.45, 7) is 6.21. The van der Waals surface area contributed by atoms with Crippen molar-refractivity contribution in [1.82, 2.24) is 10.3 Å². The first-order chi connectivity index (χ1) is 9.94. The Balaban J connectivity index is 1.78. The Hall–Kier alpha value is -2.08. The molecule has 1 aliphatic rings. The second-order valence-corrected chi connectivity index (χ2v) is 5.96. The fraction of sp³-hybridized carbons (Fsp3) is 0.467. The smallest absolute Gasteiger partial charge is 0.145 e. The Bertz CT molecular complexity index is 651. The van der Waals surface area contributed by atoms with Gasteiger partial charge in [0, 0.05) is 24.1 Å². The number of aryl methyl sites for hydroxylation is 1. The van der Waals surface area contributed by atoms with Gasteiger partial charge in [-0.1, -0.05) is 16.4 Å². The van der Waals surface area contributed by atoms with E-state index >= 15 is 0 Å². The van der Waals surface area contributed by atoms with Gasteiger partial charge in [0.25, 0.3) is 0 Å². The minimum Gasteiger partial charge on any atom is -0.487 e. The van der Waals surface area contributed by atoms with Crippen molar-refractivity contribution in [3.05, 3.63) is 35.2 Å². The first kappa shape index (κ1) is 13.9. The highest BCUT2D eigenvalue weighted by Gasteiger charge is 2.31. The standard InChI is InChI=1S/C15H19N3O3/c1-9-13(18-21-17-9)8-19-10-4-5-11-12(16)7-15(2,3)20-14(11)6-10/h4-6,12H,7-8,16H2,1-3H3. The van der Waals surface area contributed by atoms with Gasteiger partial charge in [-0.15, -0.1) is 0 Å². The first-order valence-electron chi connectivity index (χ1n) is 6.94. The molecule has 0 amide bonds. The molecule has 0 bridgehead atoms. The lowest BCUT2D eigenvalue weighted by atomic mass is 9.90. The van der Waals surface area contributed by atoms with Crippen LogP contribution < -0.4 is 15.2 Å². The second-order valence-electron chi connectivity index (χ2n) is 5.96. The normalized spacial score (nSPS) is 19.7. The molecule has 0 fully saturated rings. The van der Waals surface area contributed by atoms with Gasteiger partial charge in [-0.05, 0) is 26.8 Å². The highest BCUT2D eigenvalue weighted by atomic mass is 16.6. The van der Waals surface area contributed by atoms with Crippen molar-refractivity contribution < 1.29 is 14.1 Å². The fourth-order valence-corrected chi connectivity index (χ4v) is 2.51. The minimum absolute atomic E-state index is 0.0141. The number of nitrogens with two attached hydrogens (primary N) is 1. The number of ether oxygens (including phenoxy) is 2. The quantitative estimate of drug-likeness (QED) is 0.934. The van der Waals surface area contributed by atoms with Crippen molar-refractivity contribution in [1.29, 1.82) is 0 Å². The Kier molecular flexibility index (Phi) is 3.33. The van der Waals surface area contributed by atoms with Crippen molar-refractivity contribution in [3.63, 3.8) is 0 Å². The Morgan fingerprint density at radius 2 is 2.19 bits per heavy atom. The summed E-state index contributed by atoms with van der Waals surface area (Å²) in [5.41, 5.74) is 8.35. The summed E-state index contributed by atoms with van der Waals surface area (Å²) in [4.78, 5) is 0. The number of aromatic nitrogens is 2. The third kappa shape index (κ3) is 2.85. The molecule has 2 aromatic rings. The van der Waals surface area contributed by atoms with Crippen molar-refractivity contribution in [2.45, 2.75) is 45.4 Å². The van der Waals surface area contributed by atoms with E-state index in [0.29, 0.717) is 18.1 Å². The van der Waals surface area contributed by atoms with E-state index in [9.17, 15) is 0 Å². The molecule has 3 rings (SSSR count). The van der Waals surface area contributed by atoms with Gasteiger partial charge in [0.05, 0.1) is 0 Å². The third-order valence-corrected chi connectivity index (χ3v) is 3.60. The van der Waals surface area contributed by atoms with Crippen LogP contribution in [-0.2, 0) is 6.61 Å². The lowest BCUT2D eigenvalue weighted by Gasteiger charge is -2.36. The number of benzene rings is 1. The largest absolute Gasteiger partial charge is 0.487 e. The van der Waals surface area contributed by atoms with Gasteiger partial charge in [0.2, 0.25) is 0 Å². The molecule has 21 heavy (non-hydrogen) atoms. The number of rotatable bonds is 3. The van der Waals surface area contributed by atoms with E-state index in [1.54, 1.807) is 0 Å². The molecule has 1 atom stereocenters. The van der Waals surface area contributed by atoms with Gasteiger partial charge >= 0.3 is 0 Å². The van der Waals surface area contributed by atoms with Crippen LogP contribution in [0.25, 0.3) is 0 Å². The summed E-state index contributed by atoms with van der Waals surface area (Å²) in [6.07, 6.45) is 0.796. The molecule has 0 aliphatic carbocycles. The molecule has 6 heteroatoms. The van der Waals surface area contributed by atoms with Crippen LogP contribution in [-0.4, -0.2) is 15.9 Å². The lowest BCUT2D eigenvalue weighted by molar-refractivity contribution is 0.0724. The summed E-state index contributed by atoms with van der Waals surface area (Å²) in [7, 11) is 0. The van der Waals surface area contributed by atoms with Gasteiger partial charge in [0.1, 0.15) is 35.1 Å². The average Bonchev–Trinajstić information content (AvgIpc) is 2.80. The molecule has 0 radical (unpaired) electrons. The molecule has 2 N–H and O–H groups in total. The number of hydrogen-bond acceptors (Lipinski definition) is 6. The maximum absolute atomic E-state index is 6.19. The molecular formula is C15H19N3O3. The van der Waals surface area contributed by atoms with Gasteiger partial charge in [-0.2, -0.15) is 0 Å². The van der Waals surface area contributed by atoms with E-state index in [1.165, 1.54) is 0 Å². The zero-order valence-electron chi connectivity index (χ0n) is 12.4. The molecule has 1 aromatic carbocycles. The topological polar surface area (TPSA) is 83.4 Å². The molecule has 1 unspecified atom stereocenters. The summed E-state index contributed by atoms with van der Waals surface area (Å²) < 4.78 is 16.3. The molecule has 1 aromatic heterocycles. The van der Waals surface area contributed by atoms with Crippen LogP contribution >= 0.6 is 0 Å². The Morgan fingerprint density at radius 1 is 1.38 bits per heavy atom. The van der Waals surface area contributed by atoms with E-state index < -0.39 is 0 Å². The maximum atomic E-state index is 6.19. The van der Waals surface area contributed by atoms with Crippen LogP contribution in [0.4, 0.5) is 0 Å². The highest BCUT2D eigenvalue weighted by Crippen LogP contribution is 2.40. The lowest BCUT2D eigenvalue weighted by Crippen LogP contribution is -2.37. The third-order valence-electron chi connectivity index (χ3n) is 3.60. The van der Waals surface area contributed by atoms with Crippen molar-refractivity contribution >= 4 is 0 Å². The first-order valence-corrected chi connectivity index (χ1v) is 6.94. The molecular weight excluding hydrogens is 270 g/mol. The van der Waals surface area contributed by atoms with Crippen LogP contribution in [0, 0.1) is 6.92 Å². The molecule has 6 nitrogen and oxygen atoms in total. The van der Waals surface area contributed by atoms with Crippen molar-refractivity contribution in [2.75, 3.05) is 0 Å². The molecule has 0 saturated heterocycles. The van der Waals surface area contributed by atoms with Crippen LogP contribution in [0.5, 0.6) is 11.5 Å². The van der Waals surface area contributed by atoms with Crippen LogP contribution in [0.1, 0.15) is 43.3 Å². The number of nitrogens with zero attached hydrogens (tertiary/aromatic N) is 2. The average molecular weight is 289 g/mol. The number of hydrogen-bond donors (Lipinski definition) is 1. The molecule has 1 aliphatic heterocycles. The monoisotopic (exact) mass is 289 g/mol. The van der Waals surface area contributed by atoms with E-state index in [-0.39, 0.29) is 11.6 Å². The Labute approximate surface area is 123 Å². The zero-order chi connectivity index (χ0) is 15.0. The maximum Gasteiger partial charge on any atom is 0.145 e. The van der Waals surface area contributed by atoms with Crippen LogP contribution in [0.3, 0.4) is 0 Å². The minimum atomic E-state index is -0.266. The highest BCUT2D eigenvalue weighted by molar-refractivity contribution is 5.44. The van der Waals surface area contributed by atoms with E-state index in [2.05, 4.69) is 14.9 Å².